The Kier molecular flexibility index (Phi) is 4.58. The van der Waals surface area contributed by atoms with Gasteiger partial charge in [-0.05, 0) is 60.7 Å². The Labute approximate surface area is 193 Å². The second kappa shape index (κ2) is 7.77. The van der Waals surface area contributed by atoms with Crippen LogP contribution in [0.4, 0.5) is 10.1 Å². The van der Waals surface area contributed by atoms with E-state index in [9.17, 15) is 9.50 Å². The van der Waals surface area contributed by atoms with Crippen molar-refractivity contribution in [3.05, 3.63) is 90.0 Å². The molecule has 1 aliphatic heterocycles. The van der Waals surface area contributed by atoms with Gasteiger partial charge in [0.2, 0.25) is 6.79 Å². The molecule has 1 aliphatic rings. The summed E-state index contributed by atoms with van der Waals surface area (Å²) in [5.41, 5.74) is 3.83. The van der Waals surface area contributed by atoms with Crippen molar-refractivity contribution in [1.82, 2.24) is 14.5 Å². The lowest BCUT2D eigenvalue weighted by atomic mass is 10.00. The van der Waals surface area contributed by atoms with Crippen LogP contribution in [0.25, 0.3) is 22.3 Å². The maximum Gasteiger partial charge on any atom is 0.231 e. The molecule has 0 atom stereocenters. The average molecular weight is 454 g/mol. The number of aliphatic imine (C=N–C) groups is 1. The SMILES string of the molecule is Cn1ccnc1-c1ccc(N=C(c2ccc3c(c2)OCO3)c2c(O)[nH]c3cc(F)ccc23)cc1. The third kappa shape index (κ3) is 3.36. The maximum absolute atomic E-state index is 13.8. The molecule has 0 amide bonds. The quantitative estimate of drug-likeness (QED) is 0.361. The van der Waals surface area contributed by atoms with Crippen molar-refractivity contribution in [3.63, 3.8) is 0 Å². The van der Waals surface area contributed by atoms with Crippen molar-refractivity contribution in [3.8, 4) is 28.8 Å². The van der Waals surface area contributed by atoms with Gasteiger partial charge in [-0.25, -0.2) is 14.4 Å². The lowest BCUT2D eigenvalue weighted by Gasteiger charge is -2.09. The monoisotopic (exact) mass is 454 g/mol. The molecular formula is C26H19FN4O3. The predicted molar refractivity (Wildman–Crippen MR) is 126 cm³/mol. The van der Waals surface area contributed by atoms with Gasteiger partial charge in [0.1, 0.15) is 11.6 Å². The summed E-state index contributed by atoms with van der Waals surface area (Å²) < 4.78 is 26.7. The highest BCUT2D eigenvalue weighted by Crippen LogP contribution is 2.37. The Bertz CT molecular complexity index is 1570. The number of ether oxygens (including phenoxy) is 2. The summed E-state index contributed by atoms with van der Waals surface area (Å²) >= 11 is 0. The van der Waals surface area contributed by atoms with E-state index >= 15 is 0 Å². The number of nitrogens with one attached hydrogen (secondary N) is 1. The lowest BCUT2D eigenvalue weighted by Crippen LogP contribution is -2.03. The van der Waals surface area contributed by atoms with E-state index in [0.717, 1.165) is 17.0 Å². The van der Waals surface area contributed by atoms with E-state index in [1.165, 1.54) is 12.1 Å². The molecule has 2 N–H and O–H groups in total. The van der Waals surface area contributed by atoms with Gasteiger partial charge in [-0.2, -0.15) is 0 Å². The Morgan fingerprint density at radius 1 is 1.06 bits per heavy atom. The average Bonchev–Trinajstić information content (AvgIpc) is 3.55. The summed E-state index contributed by atoms with van der Waals surface area (Å²) in [6.45, 7) is 0.150. The van der Waals surface area contributed by atoms with Crippen molar-refractivity contribution >= 4 is 22.3 Å². The largest absolute Gasteiger partial charge is 0.494 e. The number of hydrogen-bond donors (Lipinski definition) is 2. The molecule has 0 radical (unpaired) electrons. The number of aromatic amines is 1. The van der Waals surface area contributed by atoms with Gasteiger partial charge in [-0.15, -0.1) is 0 Å². The minimum Gasteiger partial charge on any atom is -0.494 e. The number of hydrogen-bond acceptors (Lipinski definition) is 5. The van der Waals surface area contributed by atoms with Crippen LogP contribution in [0.1, 0.15) is 11.1 Å². The molecule has 5 aromatic rings. The predicted octanol–water partition coefficient (Wildman–Crippen LogP) is 5.31. The molecule has 0 bridgehead atoms. The first-order chi connectivity index (χ1) is 16.6. The highest BCUT2D eigenvalue weighted by atomic mass is 19.1. The van der Waals surface area contributed by atoms with Gasteiger partial charge < -0.3 is 24.1 Å². The summed E-state index contributed by atoms with van der Waals surface area (Å²) in [4.78, 5) is 12.1. The van der Waals surface area contributed by atoms with Crippen LogP contribution in [0.2, 0.25) is 0 Å². The zero-order chi connectivity index (χ0) is 23.2. The van der Waals surface area contributed by atoms with E-state index in [1.807, 2.05) is 60.3 Å². The molecule has 3 heterocycles. The number of aryl methyl sites for hydroxylation is 1. The number of aromatic nitrogens is 3. The molecule has 2 aromatic heterocycles. The van der Waals surface area contributed by atoms with Crippen LogP contribution >= 0.6 is 0 Å². The Hall–Kier alpha value is -4.59. The summed E-state index contributed by atoms with van der Waals surface area (Å²) in [6, 6.07) is 17.5. The van der Waals surface area contributed by atoms with Gasteiger partial charge >= 0.3 is 0 Å². The fourth-order valence-electron chi connectivity index (χ4n) is 4.16. The molecule has 0 unspecified atom stereocenters. The molecule has 8 heteroatoms. The zero-order valence-corrected chi connectivity index (χ0v) is 18.1. The topological polar surface area (TPSA) is 84.7 Å². The van der Waals surface area contributed by atoms with E-state index in [4.69, 9.17) is 14.5 Å². The van der Waals surface area contributed by atoms with E-state index < -0.39 is 5.82 Å². The summed E-state index contributed by atoms with van der Waals surface area (Å²) in [7, 11) is 1.94. The van der Waals surface area contributed by atoms with Gasteiger partial charge in [0.05, 0.1) is 22.5 Å². The van der Waals surface area contributed by atoms with Crippen LogP contribution in [-0.2, 0) is 7.05 Å². The molecular weight excluding hydrogens is 435 g/mol. The molecule has 168 valence electrons. The van der Waals surface area contributed by atoms with Crippen LogP contribution < -0.4 is 9.47 Å². The van der Waals surface area contributed by atoms with Crippen LogP contribution in [-0.4, -0.2) is 32.1 Å². The molecule has 0 saturated carbocycles. The van der Waals surface area contributed by atoms with E-state index in [2.05, 4.69) is 9.97 Å². The third-order valence-electron chi connectivity index (χ3n) is 5.81. The second-order valence-electron chi connectivity index (χ2n) is 7.98. The van der Waals surface area contributed by atoms with Crippen molar-refractivity contribution in [1.29, 1.82) is 0 Å². The molecule has 0 spiro atoms. The van der Waals surface area contributed by atoms with E-state index in [0.29, 0.717) is 39.4 Å². The maximum atomic E-state index is 13.8. The highest BCUT2D eigenvalue weighted by molar-refractivity contribution is 6.22. The van der Waals surface area contributed by atoms with Crippen LogP contribution in [0.3, 0.4) is 0 Å². The van der Waals surface area contributed by atoms with Gasteiger partial charge in [-0.3, -0.25) is 0 Å². The Morgan fingerprint density at radius 3 is 2.68 bits per heavy atom. The summed E-state index contributed by atoms with van der Waals surface area (Å²) in [5.74, 6) is 1.60. The number of nitrogens with zero attached hydrogens (tertiary/aromatic N) is 3. The first-order valence-electron chi connectivity index (χ1n) is 10.6. The first kappa shape index (κ1) is 20.0. The summed E-state index contributed by atoms with van der Waals surface area (Å²) in [6.07, 6.45) is 3.64. The minimum atomic E-state index is -0.397. The Morgan fingerprint density at radius 2 is 1.88 bits per heavy atom. The van der Waals surface area contributed by atoms with Gasteiger partial charge in [0.15, 0.2) is 17.4 Å². The van der Waals surface area contributed by atoms with Crippen molar-refractivity contribution < 1.29 is 19.0 Å². The standard InChI is InChI=1S/C26H19FN4O3/c1-31-11-10-28-25(31)15-2-6-18(7-3-15)29-24(16-4-9-21-22(12-16)34-14-33-21)23-19-8-5-17(27)13-20(19)30-26(23)32/h2-13,30,32H,14H2,1H3. The fourth-order valence-corrected chi connectivity index (χ4v) is 4.16. The molecule has 34 heavy (non-hydrogen) atoms. The fraction of sp³-hybridized carbons (Fsp3) is 0.0769. The molecule has 7 nitrogen and oxygen atoms in total. The van der Waals surface area contributed by atoms with E-state index in [-0.39, 0.29) is 12.7 Å². The van der Waals surface area contributed by atoms with Gasteiger partial charge in [0.25, 0.3) is 0 Å². The van der Waals surface area contributed by atoms with Crippen LogP contribution in [0.15, 0.2) is 78.0 Å². The molecule has 0 aliphatic carbocycles. The van der Waals surface area contributed by atoms with Crippen molar-refractivity contribution in [2.45, 2.75) is 0 Å². The Balaban J connectivity index is 1.51. The van der Waals surface area contributed by atoms with Gasteiger partial charge in [-0.1, -0.05) is 0 Å². The summed E-state index contributed by atoms with van der Waals surface area (Å²) in [5, 5.41) is 11.5. The van der Waals surface area contributed by atoms with Crippen molar-refractivity contribution in [2.75, 3.05) is 6.79 Å². The minimum absolute atomic E-state index is 0.0957. The number of fused-ring (bicyclic) bond motifs is 2. The first-order valence-corrected chi connectivity index (χ1v) is 10.6. The van der Waals surface area contributed by atoms with Crippen LogP contribution in [0, 0.1) is 5.82 Å². The number of halogens is 1. The number of benzene rings is 3. The molecule has 0 fully saturated rings. The number of rotatable bonds is 4. The number of aromatic hydroxyl groups is 1. The zero-order valence-electron chi connectivity index (χ0n) is 18.1. The molecule has 3 aromatic carbocycles. The normalized spacial score (nSPS) is 13.1. The van der Waals surface area contributed by atoms with E-state index in [1.54, 1.807) is 12.3 Å². The number of H-pyrrole nitrogens is 1. The molecule has 0 saturated heterocycles. The smallest absolute Gasteiger partial charge is 0.231 e. The lowest BCUT2D eigenvalue weighted by molar-refractivity contribution is 0.174. The highest BCUT2D eigenvalue weighted by Gasteiger charge is 2.22. The number of imidazole rings is 1. The van der Waals surface area contributed by atoms with Crippen molar-refractivity contribution in [2.24, 2.45) is 12.0 Å². The molecule has 6 rings (SSSR count). The van der Waals surface area contributed by atoms with Crippen LogP contribution in [0.5, 0.6) is 17.4 Å². The third-order valence-corrected chi connectivity index (χ3v) is 5.81. The second-order valence-corrected chi connectivity index (χ2v) is 7.98. The van der Waals surface area contributed by atoms with Gasteiger partial charge in [0, 0.05) is 36.0 Å².